The quantitative estimate of drug-likeness (QED) is 0.170. The topological polar surface area (TPSA) is 34.1 Å². The number of benzene rings is 6. The minimum absolute atomic E-state index is 0.817. The molecule has 2 nitrogen and oxygen atoms in total. The van der Waals surface area contributed by atoms with Gasteiger partial charge in [0.1, 0.15) is 0 Å². The lowest BCUT2D eigenvalue weighted by molar-refractivity contribution is 0.591. The molecule has 0 atom stereocenters. The van der Waals surface area contributed by atoms with Crippen LogP contribution in [0.15, 0.2) is 146 Å². The highest BCUT2D eigenvalue weighted by Crippen LogP contribution is 2.50. The van der Waals surface area contributed by atoms with Crippen LogP contribution in [0.3, 0.4) is 0 Å². The maximum absolute atomic E-state index is 16.1. The Morgan fingerprint density at radius 3 is 0.891 bits per heavy atom. The molecule has 226 valence electrons. The molecule has 0 amide bonds. The predicted molar refractivity (Wildman–Crippen MR) is 195 cm³/mol. The second kappa shape index (κ2) is 11.9. The van der Waals surface area contributed by atoms with E-state index >= 15 is 9.13 Å². The van der Waals surface area contributed by atoms with Crippen LogP contribution in [0.5, 0.6) is 0 Å². The Balaban J connectivity index is 1.50. The third kappa shape index (κ3) is 4.79. The molecule has 0 saturated heterocycles. The molecule has 0 heterocycles. The smallest absolute Gasteiger partial charge is 0.171 e. The molecule has 0 aliphatic heterocycles. The first kappa shape index (κ1) is 29.2. The summed E-state index contributed by atoms with van der Waals surface area (Å²) in [6.45, 7) is 0. The maximum atomic E-state index is 16.1. The summed E-state index contributed by atoms with van der Waals surface area (Å²) < 4.78 is 32.2. The second-order valence-corrected chi connectivity index (χ2v) is 18.0. The van der Waals surface area contributed by atoms with Crippen molar-refractivity contribution in [2.45, 2.75) is 38.5 Å². The van der Waals surface area contributed by atoms with Crippen molar-refractivity contribution < 1.29 is 9.13 Å². The number of hydrogen-bond donors (Lipinski definition) is 0. The molecule has 6 aromatic rings. The Kier molecular flexibility index (Phi) is 7.53. The van der Waals surface area contributed by atoms with E-state index in [1.54, 1.807) is 0 Å². The van der Waals surface area contributed by atoms with Crippen LogP contribution in [0.2, 0.25) is 0 Å². The highest BCUT2D eigenvalue weighted by Gasteiger charge is 2.38. The van der Waals surface area contributed by atoms with E-state index in [1.165, 1.54) is 22.3 Å². The molecule has 0 fully saturated rings. The Labute approximate surface area is 271 Å². The summed E-state index contributed by atoms with van der Waals surface area (Å²) in [7, 11) is -6.67. The van der Waals surface area contributed by atoms with Gasteiger partial charge in [-0.05, 0) is 84.0 Å². The summed E-state index contributed by atoms with van der Waals surface area (Å²) in [6, 6.07) is 48.9. The molecule has 0 unspecified atom stereocenters. The van der Waals surface area contributed by atoms with E-state index in [4.69, 9.17) is 0 Å². The molecule has 0 N–H and O–H groups in total. The van der Waals surface area contributed by atoms with Gasteiger partial charge in [-0.2, -0.15) is 0 Å². The molecule has 0 saturated carbocycles. The van der Waals surface area contributed by atoms with E-state index in [-0.39, 0.29) is 0 Å². The number of aryl methyl sites for hydroxylation is 4. The van der Waals surface area contributed by atoms with E-state index in [0.29, 0.717) is 0 Å². The standard InChI is InChI=1S/C42H36O2P2/c43-45(35-19-5-1-6-20-35,36-21-7-2-8-22-36)41-29-33-17-13-15-31(33)27-39(41)40-28-32-16-14-18-34(32)30-42(40)46(44,37-23-9-3-10-24-37)38-25-11-4-12-26-38/h1-12,19-30H,13-18H2. The summed E-state index contributed by atoms with van der Waals surface area (Å²) in [5.74, 6) is 0. The summed E-state index contributed by atoms with van der Waals surface area (Å²) in [5.41, 5.74) is 7.09. The van der Waals surface area contributed by atoms with E-state index in [2.05, 4.69) is 24.3 Å². The molecule has 2 aliphatic carbocycles. The van der Waals surface area contributed by atoms with Crippen LogP contribution in [0.25, 0.3) is 11.1 Å². The van der Waals surface area contributed by atoms with Gasteiger partial charge in [0.05, 0.1) is 0 Å². The number of hydrogen-bond acceptors (Lipinski definition) is 2. The summed E-state index contributed by atoms with van der Waals surface area (Å²) in [5, 5.41) is 4.96. The van der Waals surface area contributed by atoms with Crippen LogP contribution in [-0.4, -0.2) is 0 Å². The van der Waals surface area contributed by atoms with Crippen LogP contribution in [0.4, 0.5) is 0 Å². The Morgan fingerprint density at radius 2 is 0.609 bits per heavy atom. The number of rotatable bonds is 7. The van der Waals surface area contributed by atoms with Gasteiger partial charge in [-0.3, -0.25) is 0 Å². The minimum atomic E-state index is -3.34. The Hall–Kier alpha value is -4.22. The van der Waals surface area contributed by atoms with Gasteiger partial charge in [-0.25, -0.2) is 0 Å². The van der Waals surface area contributed by atoms with Gasteiger partial charge >= 0.3 is 0 Å². The van der Waals surface area contributed by atoms with Gasteiger partial charge in [-0.15, -0.1) is 0 Å². The largest absolute Gasteiger partial charge is 0.309 e. The number of fused-ring (bicyclic) bond motifs is 2. The van der Waals surface area contributed by atoms with E-state index in [0.717, 1.165) is 81.5 Å². The lowest BCUT2D eigenvalue weighted by Crippen LogP contribution is -2.30. The molecule has 0 bridgehead atoms. The zero-order valence-corrected chi connectivity index (χ0v) is 27.6. The summed E-state index contributed by atoms with van der Waals surface area (Å²) in [6.07, 6.45) is 6.13. The first-order valence-corrected chi connectivity index (χ1v) is 19.7. The van der Waals surface area contributed by atoms with Crippen molar-refractivity contribution in [2.24, 2.45) is 0 Å². The maximum Gasteiger partial charge on any atom is 0.171 e. The van der Waals surface area contributed by atoms with Gasteiger partial charge < -0.3 is 9.13 Å². The molecule has 8 rings (SSSR count). The second-order valence-electron chi connectivity index (χ2n) is 12.5. The third-order valence-corrected chi connectivity index (χ3v) is 16.1. The highest BCUT2D eigenvalue weighted by atomic mass is 31.2. The molecule has 6 aromatic carbocycles. The molecule has 46 heavy (non-hydrogen) atoms. The molecular weight excluding hydrogens is 598 g/mol. The van der Waals surface area contributed by atoms with Crippen LogP contribution in [0.1, 0.15) is 35.1 Å². The van der Waals surface area contributed by atoms with Crippen molar-refractivity contribution in [3.05, 3.63) is 168 Å². The Morgan fingerprint density at radius 1 is 0.348 bits per heavy atom. The molecule has 0 spiro atoms. The van der Waals surface area contributed by atoms with Crippen molar-refractivity contribution in [3.8, 4) is 11.1 Å². The van der Waals surface area contributed by atoms with Crippen LogP contribution in [0, 0.1) is 0 Å². The van der Waals surface area contributed by atoms with E-state index in [1.807, 2.05) is 121 Å². The first-order valence-electron chi connectivity index (χ1n) is 16.3. The summed E-state index contributed by atoms with van der Waals surface area (Å²) >= 11 is 0. The van der Waals surface area contributed by atoms with Gasteiger partial charge in [0, 0.05) is 31.8 Å². The van der Waals surface area contributed by atoms with Gasteiger partial charge in [0.15, 0.2) is 14.3 Å². The Bertz CT molecular complexity index is 1900. The zero-order valence-electron chi connectivity index (χ0n) is 25.8. The average Bonchev–Trinajstić information content (AvgIpc) is 3.80. The minimum Gasteiger partial charge on any atom is -0.309 e. The van der Waals surface area contributed by atoms with Crippen molar-refractivity contribution >= 4 is 46.1 Å². The SMILES string of the molecule is O=P(c1ccccc1)(c1ccccc1)c1cc2c(cc1-c1cc3c(cc1P(=O)(c1ccccc1)c1ccccc1)CCC3)CCC2. The lowest BCUT2D eigenvalue weighted by atomic mass is 9.97. The fraction of sp³-hybridized carbons (Fsp3) is 0.143. The zero-order chi connectivity index (χ0) is 31.1. The molecule has 4 heteroatoms. The van der Waals surface area contributed by atoms with Crippen molar-refractivity contribution in [1.82, 2.24) is 0 Å². The molecular formula is C42H36O2P2. The van der Waals surface area contributed by atoms with Crippen molar-refractivity contribution in [2.75, 3.05) is 0 Å². The van der Waals surface area contributed by atoms with E-state index < -0.39 is 14.3 Å². The van der Waals surface area contributed by atoms with Crippen molar-refractivity contribution in [3.63, 3.8) is 0 Å². The lowest BCUT2D eigenvalue weighted by Gasteiger charge is -2.28. The predicted octanol–water partition coefficient (Wildman–Crippen LogP) is 7.61. The van der Waals surface area contributed by atoms with Crippen LogP contribution < -0.4 is 31.8 Å². The van der Waals surface area contributed by atoms with E-state index in [9.17, 15) is 0 Å². The third-order valence-electron chi connectivity index (χ3n) is 9.87. The fourth-order valence-corrected chi connectivity index (χ4v) is 13.4. The highest BCUT2D eigenvalue weighted by molar-refractivity contribution is 7.86. The molecule has 2 aliphatic rings. The van der Waals surface area contributed by atoms with Gasteiger partial charge in [0.2, 0.25) is 0 Å². The fourth-order valence-electron chi connectivity index (χ4n) is 7.58. The molecule has 0 radical (unpaired) electrons. The van der Waals surface area contributed by atoms with Crippen molar-refractivity contribution in [1.29, 1.82) is 0 Å². The normalized spacial score (nSPS) is 14.2. The summed E-state index contributed by atoms with van der Waals surface area (Å²) in [4.78, 5) is 0. The first-order chi connectivity index (χ1) is 22.6. The van der Waals surface area contributed by atoms with Crippen LogP contribution in [-0.2, 0) is 34.8 Å². The molecule has 0 aromatic heterocycles. The van der Waals surface area contributed by atoms with Gasteiger partial charge in [0.25, 0.3) is 0 Å². The average molecular weight is 635 g/mol. The monoisotopic (exact) mass is 634 g/mol. The van der Waals surface area contributed by atoms with Gasteiger partial charge in [-0.1, -0.05) is 133 Å². The van der Waals surface area contributed by atoms with Crippen LogP contribution >= 0.6 is 14.3 Å².